The first-order valence-corrected chi connectivity index (χ1v) is 8.47. The number of piperidine rings is 1. The van der Waals surface area contributed by atoms with Gasteiger partial charge in [-0.1, -0.05) is 31.9 Å². The number of aliphatic carboxylic acids is 1. The summed E-state index contributed by atoms with van der Waals surface area (Å²) in [6.45, 7) is 3.43. The van der Waals surface area contributed by atoms with Crippen LogP contribution in [0.25, 0.3) is 0 Å². The first kappa shape index (κ1) is 18.8. The van der Waals surface area contributed by atoms with Gasteiger partial charge >= 0.3 is 12.1 Å². The van der Waals surface area contributed by atoms with Crippen molar-refractivity contribution in [1.29, 1.82) is 0 Å². The molecule has 0 aliphatic carbocycles. The molecule has 2 rings (SSSR count). The van der Waals surface area contributed by atoms with Crippen molar-refractivity contribution in [2.45, 2.75) is 51.2 Å². The number of likely N-dealkylation sites (tertiary alicyclic amines) is 1. The minimum Gasteiger partial charge on any atom is -0.481 e. The Kier molecular flexibility index (Phi) is 6.27. The van der Waals surface area contributed by atoms with Gasteiger partial charge in [0.1, 0.15) is 0 Å². The summed E-state index contributed by atoms with van der Waals surface area (Å²) in [5, 5.41) is 9.10. The molecular weight excluding hydrogens is 319 g/mol. The Bertz CT molecular complexity index is 534. The van der Waals surface area contributed by atoms with Crippen LogP contribution in [0.15, 0.2) is 24.3 Å². The molecule has 0 spiro atoms. The molecule has 1 aromatic carbocycles. The van der Waals surface area contributed by atoms with Gasteiger partial charge < -0.3 is 5.11 Å². The van der Waals surface area contributed by atoms with Gasteiger partial charge in [0, 0.05) is 6.04 Å². The molecular formula is C18H24F3NO2. The summed E-state index contributed by atoms with van der Waals surface area (Å²) in [6, 6.07) is 5.46. The van der Waals surface area contributed by atoms with E-state index in [4.69, 9.17) is 5.11 Å². The van der Waals surface area contributed by atoms with E-state index < -0.39 is 17.7 Å². The third-order valence-electron chi connectivity index (χ3n) is 4.77. The number of carbonyl (C=O) groups is 1. The molecule has 1 aliphatic rings. The highest BCUT2D eigenvalue weighted by molar-refractivity contribution is 5.70. The summed E-state index contributed by atoms with van der Waals surface area (Å²) < 4.78 is 38.2. The van der Waals surface area contributed by atoms with Crippen LogP contribution in [0.4, 0.5) is 13.2 Å². The summed E-state index contributed by atoms with van der Waals surface area (Å²) in [5.74, 6) is -1.06. The molecule has 0 amide bonds. The maximum Gasteiger partial charge on any atom is 0.416 e. The molecule has 1 aliphatic heterocycles. The standard InChI is InChI=1S/C18H24F3NO2/c1-2-3-4-16(22-11-9-14(10-12-22)17(23)24)13-5-7-15(8-6-13)18(19,20)21/h5-8,14,16H,2-4,9-12H2,1H3,(H,23,24). The molecule has 0 bridgehead atoms. The average Bonchev–Trinajstić information content (AvgIpc) is 2.55. The number of alkyl halides is 3. The van der Waals surface area contributed by atoms with Crippen LogP contribution in [0.5, 0.6) is 0 Å². The predicted octanol–water partition coefficient (Wildman–Crippen LogP) is 4.73. The Balaban J connectivity index is 2.12. The fourth-order valence-corrected chi connectivity index (χ4v) is 3.31. The van der Waals surface area contributed by atoms with Crippen molar-refractivity contribution in [3.05, 3.63) is 35.4 Å². The van der Waals surface area contributed by atoms with Crippen molar-refractivity contribution >= 4 is 5.97 Å². The van der Waals surface area contributed by atoms with Crippen molar-refractivity contribution in [3.63, 3.8) is 0 Å². The van der Waals surface area contributed by atoms with Gasteiger partial charge in [-0.2, -0.15) is 13.2 Å². The maximum atomic E-state index is 12.7. The largest absolute Gasteiger partial charge is 0.481 e. The summed E-state index contributed by atoms with van der Waals surface area (Å²) in [6.07, 6.45) is -0.249. The molecule has 24 heavy (non-hydrogen) atoms. The van der Waals surface area contributed by atoms with Gasteiger partial charge in [-0.15, -0.1) is 0 Å². The van der Waals surface area contributed by atoms with Crippen LogP contribution in [-0.2, 0) is 11.0 Å². The van der Waals surface area contributed by atoms with Crippen LogP contribution in [0.1, 0.15) is 56.2 Å². The van der Waals surface area contributed by atoms with Gasteiger partial charge in [0.15, 0.2) is 0 Å². The molecule has 1 saturated heterocycles. The molecule has 1 fully saturated rings. The second-order valence-electron chi connectivity index (χ2n) is 6.43. The first-order chi connectivity index (χ1) is 11.3. The van der Waals surface area contributed by atoms with Gasteiger partial charge in [0.2, 0.25) is 0 Å². The Morgan fingerprint density at radius 1 is 1.25 bits per heavy atom. The Morgan fingerprint density at radius 2 is 1.83 bits per heavy atom. The zero-order valence-electron chi connectivity index (χ0n) is 13.9. The van der Waals surface area contributed by atoms with Crippen molar-refractivity contribution in [2.24, 2.45) is 5.92 Å². The zero-order chi connectivity index (χ0) is 17.7. The monoisotopic (exact) mass is 343 g/mol. The highest BCUT2D eigenvalue weighted by atomic mass is 19.4. The number of carboxylic acids is 1. The fourth-order valence-electron chi connectivity index (χ4n) is 3.31. The van der Waals surface area contributed by atoms with E-state index in [2.05, 4.69) is 11.8 Å². The second-order valence-corrected chi connectivity index (χ2v) is 6.43. The molecule has 0 radical (unpaired) electrons. The number of unbranched alkanes of at least 4 members (excludes halogenated alkanes) is 1. The van der Waals surface area contributed by atoms with Gasteiger partial charge in [-0.05, 0) is 50.0 Å². The van der Waals surface area contributed by atoms with E-state index >= 15 is 0 Å². The quantitative estimate of drug-likeness (QED) is 0.811. The van der Waals surface area contributed by atoms with E-state index in [9.17, 15) is 18.0 Å². The van der Waals surface area contributed by atoms with Gasteiger partial charge in [-0.25, -0.2) is 0 Å². The van der Waals surface area contributed by atoms with Crippen LogP contribution < -0.4 is 0 Å². The highest BCUT2D eigenvalue weighted by Crippen LogP contribution is 2.34. The van der Waals surface area contributed by atoms with Crippen LogP contribution in [0.3, 0.4) is 0 Å². The van der Waals surface area contributed by atoms with E-state index in [1.54, 1.807) is 12.1 Å². The smallest absolute Gasteiger partial charge is 0.416 e. The Morgan fingerprint density at radius 3 is 2.29 bits per heavy atom. The zero-order valence-corrected chi connectivity index (χ0v) is 13.9. The van der Waals surface area contributed by atoms with Crippen LogP contribution in [0.2, 0.25) is 0 Å². The van der Waals surface area contributed by atoms with E-state index in [0.717, 1.165) is 37.0 Å². The summed E-state index contributed by atoms with van der Waals surface area (Å²) in [5.41, 5.74) is 0.246. The van der Waals surface area contributed by atoms with Crippen molar-refractivity contribution in [1.82, 2.24) is 4.90 Å². The number of rotatable bonds is 6. The Labute approximate surface area is 140 Å². The van der Waals surface area contributed by atoms with Crippen LogP contribution >= 0.6 is 0 Å². The molecule has 1 heterocycles. The molecule has 0 aromatic heterocycles. The summed E-state index contributed by atoms with van der Waals surface area (Å²) >= 11 is 0. The molecule has 134 valence electrons. The molecule has 3 nitrogen and oxygen atoms in total. The number of benzene rings is 1. The third-order valence-corrected chi connectivity index (χ3v) is 4.77. The lowest BCUT2D eigenvalue weighted by atomic mass is 9.92. The second kappa shape index (κ2) is 8.01. The summed E-state index contributed by atoms with van der Waals surface area (Å²) in [4.78, 5) is 13.3. The number of hydrogen-bond acceptors (Lipinski definition) is 2. The molecule has 1 N–H and O–H groups in total. The molecule has 6 heteroatoms. The molecule has 0 saturated carbocycles. The van der Waals surface area contributed by atoms with E-state index in [1.807, 2.05) is 0 Å². The SMILES string of the molecule is CCCCC(c1ccc(C(F)(F)F)cc1)N1CCC(C(=O)O)CC1. The normalized spacial score (nSPS) is 18.5. The van der Waals surface area contributed by atoms with Crippen molar-refractivity contribution in [2.75, 3.05) is 13.1 Å². The lowest BCUT2D eigenvalue weighted by Gasteiger charge is -2.37. The predicted molar refractivity (Wildman–Crippen MR) is 85.6 cm³/mol. The average molecular weight is 343 g/mol. The fraction of sp³-hybridized carbons (Fsp3) is 0.611. The van der Waals surface area contributed by atoms with Crippen molar-refractivity contribution in [3.8, 4) is 0 Å². The molecule has 1 unspecified atom stereocenters. The third kappa shape index (κ3) is 4.72. The van der Waals surface area contributed by atoms with E-state index in [0.29, 0.717) is 25.9 Å². The lowest BCUT2D eigenvalue weighted by Crippen LogP contribution is -2.38. The highest BCUT2D eigenvalue weighted by Gasteiger charge is 2.32. The van der Waals surface area contributed by atoms with Gasteiger partial charge in [-0.3, -0.25) is 9.69 Å². The number of halogens is 3. The molecule has 1 atom stereocenters. The van der Waals surface area contributed by atoms with Gasteiger partial charge in [0.05, 0.1) is 11.5 Å². The lowest BCUT2D eigenvalue weighted by molar-refractivity contribution is -0.143. The van der Waals surface area contributed by atoms with Gasteiger partial charge in [0.25, 0.3) is 0 Å². The Hall–Kier alpha value is -1.56. The number of carboxylic acid groups (broad SMARTS) is 1. The van der Waals surface area contributed by atoms with Crippen LogP contribution in [-0.4, -0.2) is 29.1 Å². The summed E-state index contributed by atoms with van der Waals surface area (Å²) in [7, 11) is 0. The molecule has 1 aromatic rings. The topological polar surface area (TPSA) is 40.5 Å². The van der Waals surface area contributed by atoms with Crippen LogP contribution in [0, 0.1) is 5.92 Å². The first-order valence-electron chi connectivity index (χ1n) is 8.47. The minimum absolute atomic E-state index is 0.0574. The number of nitrogens with zero attached hydrogens (tertiary/aromatic N) is 1. The minimum atomic E-state index is -4.32. The van der Waals surface area contributed by atoms with E-state index in [-0.39, 0.29) is 12.0 Å². The van der Waals surface area contributed by atoms with E-state index in [1.165, 1.54) is 0 Å². The maximum absolute atomic E-state index is 12.7. The van der Waals surface area contributed by atoms with Crippen molar-refractivity contribution < 1.29 is 23.1 Å². The number of hydrogen-bond donors (Lipinski definition) is 1.